The molecule has 20 heavy (non-hydrogen) atoms. The van der Waals surface area contributed by atoms with E-state index in [0.29, 0.717) is 5.82 Å². The molecule has 2 rings (SSSR count). The Kier molecular flexibility index (Phi) is 4.62. The van der Waals surface area contributed by atoms with Gasteiger partial charge in [-0.15, -0.1) is 11.8 Å². The van der Waals surface area contributed by atoms with Crippen LogP contribution in [0.3, 0.4) is 0 Å². The minimum absolute atomic E-state index is 0.0769. The number of H-pyrrole nitrogens is 1. The summed E-state index contributed by atoms with van der Waals surface area (Å²) in [5.41, 5.74) is 1.77. The number of fused-ring (bicyclic) bond motifs is 1. The van der Waals surface area contributed by atoms with Crippen molar-refractivity contribution in [3.8, 4) is 0 Å². The van der Waals surface area contributed by atoms with Crippen molar-refractivity contribution in [3.63, 3.8) is 0 Å². The molecule has 0 radical (unpaired) electrons. The summed E-state index contributed by atoms with van der Waals surface area (Å²) in [6.07, 6.45) is 0. The summed E-state index contributed by atoms with van der Waals surface area (Å²) < 4.78 is 0. The number of rotatable bonds is 6. The van der Waals surface area contributed by atoms with E-state index in [2.05, 4.69) is 15.3 Å². The number of hydrogen-bond donors (Lipinski definition) is 3. The van der Waals surface area contributed by atoms with Crippen LogP contribution in [-0.2, 0) is 9.59 Å². The van der Waals surface area contributed by atoms with Gasteiger partial charge in [0, 0.05) is 0 Å². The summed E-state index contributed by atoms with van der Waals surface area (Å²) in [5.74, 6) is -0.399. The predicted octanol–water partition coefficient (Wildman–Crippen LogP) is 1.56. The summed E-state index contributed by atoms with van der Waals surface area (Å²) in [6, 6.07) is 7.38. The van der Waals surface area contributed by atoms with Gasteiger partial charge < -0.3 is 15.4 Å². The molecule has 0 saturated carbocycles. The molecule has 1 amide bonds. The van der Waals surface area contributed by atoms with E-state index in [9.17, 15) is 9.59 Å². The molecular formula is C13H15N3O3S. The van der Waals surface area contributed by atoms with Crippen LogP contribution >= 0.6 is 11.8 Å². The van der Waals surface area contributed by atoms with Crippen molar-refractivity contribution < 1.29 is 14.7 Å². The number of thioether (sulfide) groups is 1. The molecule has 7 heteroatoms. The van der Waals surface area contributed by atoms with Crippen molar-refractivity contribution in [2.75, 3.05) is 11.5 Å². The Labute approximate surface area is 120 Å². The van der Waals surface area contributed by atoms with E-state index >= 15 is 0 Å². The van der Waals surface area contributed by atoms with E-state index in [1.54, 1.807) is 0 Å². The SMILES string of the molecule is CC(NC(=O)CSCC(=O)O)c1nc2ccccc2[nH]1. The fourth-order valence-electron chi connectivity index (χ4n) is 1.76. The topological polar surface area (TPSA) is 95.1 Å². The van der Waals surface area contributed by atoms with Gasteiger partial charge in [0.15, 0.2) is 0 Å². The number of nitrogens with one attached hydrogen (secondary N) is 2. The van der Waals surface area contributed by atoms with Crippen LogP contribution in [0.4, 0.5) is 0 Å². The third-order valence-electron chi connectivity index (χ3n) is 2.65. The Morgan fingerprint density at radius 2 is 2.15 bits per heavy atom. The molecule has 0 fully saturated rings. The first-order valence-corrected chi connectivity index (χ1v) is 7.25. The molecule has 0 bridgehead atoms. The Morgan fingerprint density at radius 3 is 2.85 bits per heavy atom. The molecule has 0 aliphatic rings. The summed E-state index contributed by atoms with van der Waals surface area (Å²) >= 11 is 1.07. The van der Waals surface area contributed by atoms with E-state index in [-0.39, 0.29) is 23.5 Å². The van der Waals surface area contributed by atoms with E-state index in [0.717, 1.165) is 22.8 Å². The van der Waals surface area contributed by atoms with Gasteiger partial charge in [-0.25, -0.2) is 4.98 Å². The monoisotopic (exact) mass is 293 g/mol. The fraction of sp³-hybridized carbons (Fsp3) is 0.308. The first-order chi connectivity index (χ1) is 9.56. The first kappa shape index (κ1) is 14.4. The lowest BCUT2D eigenvalue weighted by molar-refractivity contribution is -0.133. The molecular weight excluding hydrogens is 278 g/mol. The number of amides is 1. The van der Waals surface area contributed by atoms with Gasteiger partial charge in [-0.2, -0.15) is 0 Å². The molecule has 0 aliphatic carbocycles. The highest BCUT2D eigenvalue weighted by molar-refractivity contribution is 8.00. The average Bonchev–Trinajstić information content (AvgIpc) is 2.82. The zero-order chi connectivity index (χ0) is 14.5. The summed E-state index contributed by atoms with van der Waals surface area (Å²) in [6.45, 7) is 1.83. The van der Waals surface area contributed by atoms with Gasteiger partial charge in [0.2, 0.25) is 5.91 Å². The number of aliphatic carboxylic acids is 1. The van der Waals surface area contributed by atoms with Crippen LogP contribution in [-0.4, -0.2) is 38.5 Å². The summed E-state index contributed by atoms with van der Waals surface area (Å²) in [5, 5.41) is 11.3. The number of nitrogens with zero attached hydrogens (tertiary/aromatic N) is 1. The highest BCUT2D eigenvalue weighted by Crippen LogP contribution is 2.15. The van der Waals surface area contributed by atoms with E-state index in [1.807, 2.05) is 31.2 Å². The highest BCUT2D eigenvalue weighted by atomic mass is 32.2. The number of para-hydroxylation sites is 2. The van der Waals surface area contributed by atoms with Crippen LogP contribution < -0.4 is 5.32 Å². The summed E-state index contributed by atoms with van der Waals surface area (Å²) in [7, 11) is 0. The smallest absolute Gasteiger partial charge is 0.313 e. The lowest BCUT2D eigenvalue weighted by Gasteiger charge is -2.10. The zero-order valence-electron chi connectivity index (χ0n) is 10.9. The number of carboxylic acid groups (broad SMARTS) is 1. The second kappa shape index (κ2) is 6.42. The van der Waals surface area contributed by atoms with Crippen LogP contribution in [0.5, 0.6) is 0 Å². The molecule has 3 N–H and O–H groups in total. The zero-order valence-corrected chi connectivity index (χ0v) is 11.7. The standard InChI is InChI=1S/C13H15N3O3S/c1-8(14-11(17)6-20-7-12(18)19)13-15-9-4-2-3-5-10(9)16-13/h2-5,8H,6-7H2,1H3,(H,14,17)(H,15,16)(H,18,19). The number of benzene rings is 1. The Balaban J connectivity index is 1.92. The number of carbonyl (C=O) groups is 2. The molecule has 1 aromatic heterocycles. The van der Waals surface area contributed by atoms with Crippen LogP contribution in [0.25, 0.3) is 11.0 Å². The third kappa shape index (κ3) is 3.74. The van der Waals surface area contributed by atoms with E-state index in [4.69, 9.17) is 5.11 Å². The molecule has 0 spiro atoms. The van der Waals surface area contributed by atoms with Gasteiger partial charge >= 0.3 is 5.97 Å². The maximum Gasteiger partial charge on any atom is 0.313 e. The van der Waals surface area contributed by atoms with E-state index < -0.39 is 5.97 Å². The van der Waals surface area contributed by atoms with E-state index in [1.165, 1.54) is 0 Å². The van der Waals surface area contributed by atoms with Gasteiger partial charge in [-0.3, -0.25) is 9.59 Å². The second-order valence-electron chi connectivity index (χ2n) is 4.31. The molecule has 1 aromatic carbocycles. The molecule has 0 aliphatic heterocycles. The van der Waals surface area contributed by atoms with Crippen LogP contribution in [0, 0.1) is 0 Å². The molecule has 6 nitrogen and oxygen atoms in total. The number of hydrogen-bond acceptors (Lipinski definition) is 4. The Morgan fingerprint density at radius 1 is 1.40 bits per heavy atom. The van der Waals surface area contributed by atoms with Crippen LogP contribution in [0.2, 0.25) is 0 Å². The Bertz CT molecular complexity index is 593. The predicted molar refractivity (Wildman–Crippen MR) is 77.6 cm³/mol. The first-order valence-electron chi connectivity index (χ1n) is 6.10. The minimum Gasteiger partial charge on any atom is -0.481 e. The molecule has 106 valence electrons. The van der Waals surface area contributed by atoms with Crippen molar-refractivity contribution in [2.24, 2.45) is 0 Å². The van der Waals surface area contributed by atoms with Crippen molar-refractivity contribution >= 4 is 34.7 Å². The van der Waals surface area contributed by atoms with Crippen LogP contribution in [0.1, 0.15) is 18.8 Å². The van der Waals surface area contributed by atoms with Crippen molar-refractivity contribution in [1.29, 1.82) is 0 Å². The van der Waals surface area contributed by atoms with Gasteiger partial charge in [0.25, 0.3) is 0 Å². The number of carbonyl (C=O) groups excluding carboxylic acids is 1. The molecule has 1 atom stereocenters. The average molecular weight is 293 g/mol. The number of carboxylic acids is 1. The lowest BCUT2D eigenvalue weighted by atomic mass is 10.3. The van der Waals surface area contributed by atoms with Crippen molar-refractivity contribution in [2.45, 2.75) is 13.0 Å². The highest BCUT2D eigenvalue weighted by Gasteiger charge is 2.13. The maximum atomic E-state index is 11.7. The Hall–Kier alpha value is -2.02. The van der Waals surface area contributed by atoms with Crippen LogP contribution in [0.15, 0.2) is 24.3 Å². The quantitative estimate of drug-likeness (QED) is 0.751. The fourth-order valence-corrected chi connectivity index (χ4v) is 2.31. The number of aromatic amines is 1. The second-order valence-corrected chi connectivity index (χ2v) is 5.30. The van der Waals surface area contributed by atoms with Crippen molar-refractivity contribution in [1.82, 2.24) is 15.3 Å². The minimum atomic E-state index is -0.923. The van der Waals surface area contributed by atoms with Crippen molar-refractivity contribution in [3.05, 3.63) is 30.1 Å². The van der Waals surface area contributed by atoms with Gasteiger partial charge in [-0.1, -0.05) is 12.1 Å². The molecule has 1 heterocycles. The van der Waals surface area contributed by atoms with Gasteiger partial charge in [-0.05, 0) is 19.1 Å². The summed E-state index contributed by atoms with van der Waals surface area (Å²) in [4.78, 5) is 29.6. The number of imidazole rings is 1. The van der Waals surface area contributed by atoms with Gasteiger partial charge in [0.1, 0.15) is 5.82 Å². The molecule has 2 aromatic rings. The molecule has 0 saturated heterocycles. The normalized spacial score (nSPS) is 12.2. The third-order valence-corrected chi connectivity index (χ3v) is 3.57. The molecule has 1 unspecified atom stereocenters. The largest absolute Gasteiger partial charge is 0.481 e. The maximum absolute atomic E-state index is 11.7. The number of aromatic nitrogens is 2. The lowest BCUT2D eigenvalue weighted by Crippen LogP contribution is -2.29. The van der Waals surface area contributed by atoms with Gasteiger partial charge in [0.05, 0.1) is 28.6 Å².